The molecule has 0 bridgehead atoms. The SMILES string of the molecule is Cc1ccc(NC(=O)c2nc(C(=O)NC3CC3)n3c2CCCC3)cc1Cl. The van der Waals surface area contributed by atoms with E-state index in [2.05, 4.69) is 15.6 Å². The second kappa shape index (κ2) is 6.76. The maximum Gasteiger partial charge on any atom is 0.287 e. The van der Waals surface area contributed by atoms with Crippen LogP contribution in [0.25, 0.3) is 0 Å². The zero-order valence-corrected chi connectivity index (χ0v) is 15.4. The van der Waals surface area contributed by atoms with Crippen molar-refractivity contribution in [3.63, 3.8) is 0 Å². The molecule has 1 saturated carbocycles. The molecule has 4 rings (SSSR count). The number of aryl methyl sites for hydroxylation is 1. The van der Waals surface area contributed by atoms with Gasteiger partial charge >= 0.3 is 0 Å². The Morgan fingerprint density at radius 3 is 2.77 bits per heavy atom. The minimum Gasteiger partial charge on any atom is -0.347 e. The van der Waals surface area contributed by atoms with Gasteiger partial charge in [0, 0.05) is 23.3 Å². The van der Waals surface area contributed by atoms with E-state index in [4.69, 9.17) is 11.6 Å². The molecule has 1 fully saturated rings. The van der Waals surface area contributed by atoms with Gasteiger partial charge in [-0.25, -0.2) is 4.98 Å². The van der Waals surface area contributed by atoms with Crippen LogP contribution < -0.4 is 10.6 Å². The predicted octanol–water partition coefficient (Wildman–Crippen LogP) is 3.33. The monoisotopic (exact) mass is 372 g/mol. The number of hydrogen-bond donors (Lipinski definition) is 2. The average Bonchev–Trinajstić information content (AvgIpc) is 3.34. The van der Waals surface area contributed by atoms with Crippen LogP contribution in [0.4, 0.5) is 5.69 Å². The lowest BCUT2D eigenvalue weighted by Crippen LogP contribution is -2.29. The fourth-order valence-corrected chi connectivity index (χ4v) is 3.42. The van der Waals surface area contributed by atoms with Crippen LogP contribution in [0.5, 0.6) is 0 Å². The van der Waals surface area contributed by atoms with Crippen molar-refractivity contribution in [2.75, 3.05) is 5.32 Å². The zero-order chi connectivity index (χ0) is 18.3. The van der Waals surface area contributed by atoms with Crippen LogP contribution in [0.15, 0.2) is 18.2 Å². The normalized spacial score (nSPS) is 16.1. The first-order valence-electron chi connectivity index (χ1n) is 9.00. The van der Waals surface area contributed by atoms with E-state index in [1.807, 2.05) is 23.6 Å². The van der Waals surface area contributed by atoms with E-state index in [9.17, 15) is 9.59 Å². The maximum absolute atomic E-state index is 12.8. The second-order valence-corrected chi connectivity index (χ2v) is 7.41. The van der Waals surface area contributed by atoms with Gasteiger partial charge in [-0.05, 0) is 56.7 Å². The summed E-state index contributed by atoms with van der Waals surface area (Å²) in [6.07, 6.45) is 4.76. The fraction of sp³-hybridized carbons (Fsp3) is 0.421. The Balaban J connectivity index is 1.62. The average molecular weight is 373 g/mol. The molecular formula is C19H21ClN4O2. The molecule has 136 valence electrons. The van der Waals surface area contributed by atoms with Crippen LogP contribution in [-0.4, -0.2) is 27.4 Å². The largest absolute Gasteiger partial charge is 0.347 e. The molecule has 1 aliphatic heterocycles. The van der Waals surface area contributed by atoms with Crippen LogP contribution in [0, 0.1) is 6.92 Å². The number of carbonyl (C=O) groups excluding carboxylic acids is 2. The van der Waals surface area contributed by atoms with Gasteiger partial charge in [-0.2, -0.15) is 0 Å². The number of aromatic nitrogens is 2. The highest BCUT2D eigenvalue weighted by molar-refractivity contribution is 6.31. The van der Waals surface area contributed by atoms with Gasteiger partial charge in [0.2, 0.25) is 0 Å². The Bertz CT molecular complexity index is 886. The summed E-state index contributed by atoms with van der Waals surface area (Å²) in [5.41, 5.74) is 2.74. The molecular weight excluding hydrogens is 352 g/mol. The molecule has 0 unspecified atom stereocenters. The van der Waals surface area contributed by atoms with Crippen molar-refractivity contribution in [3.8, 4) is 0 Å². The molecule has 1 aromatic heterocycles. The zero-order valence-electron chi connectivity index (χ0n) is 14.6. The lowest BCUT2D eigenvalue weighted by atomic mass is 10.1. The highest BCUT2D eigenvalue weighted by Gasteiger charge is 2.30. The third-order valence-corrected chi connectivity index (χ3v) is 5.29. The van der Waals surface area contributed by atoms with E-state index in [1.165, 1.54) is 0 Å². The van der Waals surface area contributed by atoms with E-state index in [0.717, 1.165) is 49.9 Å². The molecule has 6 nitrogen and oxygen atoms in total. The minimum absolute atomic E-state index is 0.187. The summed E-state index contributed by atoms with van der Waals surface area (Å²) in [6.45, 7) is 2.63. The fourth-order valence-electron chi connectivity index (χ4n) is 3.24. The van der Waals surface area contributed by atoms with Crippen molar-refractivity contribution >= 4 is 29.1 Å². The van der Waals surface area contributed by atoms with Crippen molar-refractivity contribution < 1.29 is 9.59 Å². The Morgan fingerprint density at radius 2 is 2.04 bits per heavy atom. The predicted molar refractivity (Wildman–Crippen MR) is 99.8 cm³/mol. The summed E-state index contributed by atoms with van der Waals surface area (Å²) in [5.74, 6) is -0.146. The van der Waals surface area contributed by atoms with Gasteiger partial charge in [-0.1, -0.05) is 17.7 Å². The number of fused-ring (bicyclic) bond motifs is 1. The lowest BCUT2D eigenvalue weighted by molar-refractivity contribution is 0.0935. The molecule has 1 aliphatic carbocycles. The number of benzene rings is 1. The summed E-state index contributed by atoms with van der Waals surface area (Å²) < 4.78 is 1.90. The van der Waals surface area contributed by atoms with Crippen LogP contribution in [-0.2, 0) is 13.0 Å². The van der Waals surface area contributed by atoms with E-state index in [1.54, 1.807) is 6.07 Å². The van der Waals surface area contributed by atoms with Crippen LogP contribution in [0.1, 0.15) is 58.0 Å². The van der Waals surface area contributed by atoms with Gasteiger partial charge < -0.3 is 15.2 Å². The van der Waals surface area contributed by atoms with Crippen LogP contribution in [0.3, 0.4) is 0 Å². The number of amides is 2. The highest BCUT2D eigenvalue weighted by atomic mass is 35.5. The van der Waals surface area contributed by atoms with E-state index in [0.29, 0.717) is 22.2 Å². The first-order valence-corrected chi connectivity index (χ1v) is 9.38. The van der Waals surface area contributed by atoms with Crippen molar-refractivity contribution in [3.05, 3.63) is 46.0 Å². The van der Waals surface area contributed by atoms with E-state index < -0.39 is 0 Å². The summed E-state index contributed by atoms with van der Waals surface area (Å²) in [5, 5.41) is 6.41. The number of hydrogen-bond acceptors (Lipinski definition) is 3. The van der Waals surface area contributed by atoms with Gasteiger partial charge in [0.05, 0.1) is 5.69 Å². The number of halogens is 1. The molecule has 7 heteroatoms. The third kappa shape index (κ3) is 3.33. The minimum atomic E-state index is -0.305. The highest BCUT2D eigenvalue weighted by Crippen LogP contribution is 2.25. The maximum atomic E-state index is 12.8. The Kier molecular flexibility index (Phi) is 4.44. The smallest absolute Gasteiger partial charge is 0.287 e. The van der Waals surface area contributed by atoms with Gasteiger partial charge in [0.1, 0.15) is 0 Å². The molecule has 2 aromatic rings. The number of imidazole rings is 1. The van der Waals surface area contributed by atoms with Crippen molar-refractivity contribution in [1.29, 1.82) is 0 Å². The third-order valence-electron chi connectivity index (χ3n) is 4.88. The Hall–Kier alpha value is -2.34. The number of carbonyl (C=O) groups is 2. The standard InChI is InChI=1S/C19H21ClN4O2/c1-11-5-6-13(10-14(11)20)22-18(25)16-15-4-2-3-9-24(15)17(23-16)19(26)21-12-7-8-12/h5-6,10,12H,2-4,7-9H2,1H3,(H,21,26)(H,22,25). The van der Waals surface area contributed by atoms with Gasteiger partial charge in [-0.3, -0.25) is 9.59 Å². The van der Waals surface area contributed by atoms with Gasteiger partial charge in [0.25, 0.3) is 11.8 Å². The number of rotatable bonds is 4. The van der Waals surface area contributed by atoms with Gasteiger partial charge in [-0.15, -0.1) is 0 Å². The molecule has 2 heterocycles. The summed E-state index contributed by atoms with van der Waals surface area (Å²) >= 11 is 6.13. The first-order chi connectivity index (χ1) is 12.5. The number of nitrogens with zero attached hydrogens (tertiary/aromatic N) is 2. The molecule has 26 heavy (non-hydrogen) atoms. The van der Waals surface area contributed by atoms with Crippen LogP contribution >= 0.6 is 11.6 Å². The second-order valence-electron chi connectivity index (χ2n) is 7.01. The van der Waals surface area contributed by atoms with Crippen molar-refractivity contribution in [2.45, 2.75) is 51.6 Å². The number of nitrogens with one attached hydrogen (secondary N) is 2. The van der Waals surface area contributed by atoms with Gasteiger partial charge in [0.15, 0.2) is 11.5 Å². The molecule has 2 N–H and O–H groups in total. The molecule has 0 saturated heterocycles. The molecule has 0 radical (unpaired) electrons. The Labute approximate surface area is 156 Å². The number of anilines is 1. The molecule has 1 aromatic carbocycles. The van der Waals surface area contributed by atoms with Crippen molar-refractivity contribution in [1.82, 2.24) is 14.9 Å². The summed E-state index contributed by atoms with van der Waals surface area (Å²) in [6, 6.07) is 5.64. The summed E-state index contributed by atoms with van der Waals surface area (Å²) in [7, 11) is 0. The van der Waals surface area contributed by atoms with Crippen molar-refractivity contribution in [2.24, 2.45) is 0 Å². The molecule has 0 spiro atoms. The molecule has 2 aliphatic rings. The van der Waals surface area contributed by atoms with E-state index >= 15 is 0 Å². The lowest BCUT2D eigenvalue weighted by Gasteiger charge is -2.17. The van der Waals surface area contributed by atoms with Crippen LogP contribution in [0.2, 0.25) is 5.02 Å². The quantitative estimate of drug-likeness (QED) is 0.864. The summed E-state index contributed by atoms with van der Waals surface area (Å²) in [4.78, 5) is 29.7. The Morgan fingerprint density at radius 1 is 1.23 bits per heavy atom. The van der Waals surface area contributed by atoms with E-state index in [-0.39, 0.29) is 17.9 Å². The molecule has 0 atom stereocenters. The molecule has 2 amide bonds. The first kappa shape index (κ1) is 17.1. The topological polar surface area (TPSA) is 76.0 Å².